The lowest BCUT2D eigenvalue weighted by Crippen LogP contribution is -2.39. The number of rotatable bonds is 9. The average molecular weight is 300 g/mol. The number of urea groups is 1. The first-order valence-corrected chi connectivity index (χ1v) is 7.84. The zero-order chi connectivity index (χ0) is 15.7. The third kappa shape index (κ3) is 6.80. The number of carbonyl (C=O) groups excluding carboxylic acids is 1. The van der Waals surface area contributed by atoms with Gasteiger partial charge in [-0.3, -0.25) is 4.79 Å². The summed E-state index contributed by atoms with van der Waals surface area (Å²) in [5.74, 6) is -0.375. The molecule has 0 aliphatic carbocycles. The summed E-state index contributed by atoms with van der Waals surface area (Å²) in [5, 5.41) is 11.7. The molecule has 2 N–H and O–H groups in total. The van der Waals surface area contributed by atoms with Crippen molar-refractivity contribution in [2.45, 2.75) is 51.6 Å². The molecular weight excluding hydrogens is 272 g/mol. The summed E-state index contributed by atoms with van der Waals surface area (Å²) in [6.45, 7) is 4.10. The first kappa shape index (κ1) is 17.8. The van der Waals surface area contributed by atoms with Gasteiger partial charge in [-0.2, -0.15) is 0 Å². The molecule has 1 aliphatic rings. The number of nitrogens with zero attached hydrogens (tertiary/aromatic N) is 1. The monoisotopic (exact) mass is 300 g/mol. The molecule has 0 aromatic heterocycles. The van der Waals surface area contributed by atoms with Crippen LogP contribution in [-0.2, 0) is 9.53 Å². The maximum atomic E-state index is 12.0. The minimum Gasteiger partial charge on any atom is -0.481 e. The molecule has 1 heterocycles. The van der Waals surface area contributed by atoms with Crippen LogP contribution in [0.25, 0.3) is 0 Å². The van der Waals surface area contributed by atoms with Gasteiger partial charge in [0.2, 0.25) is 0 Å². The Morgan fingerprint density at radius 2 is 2.14 bits per heavy atom. The zero-order valence-corrected chi connectivity index (χ0v) is 13.1. The number of amides is 2. The summed E-state index contributed by atoms with van der Waals surface area (Å²) in [4.78, 5) is 24.4. The van der Waals surface area contributed by atoms with E-state index >= 15 is 0 Å². The van der Waals surface area contributed by atoms with Crippen LogP contribution in [0.4, 0.5) is 4.79 Å². The van der Waals surface area contributed by atoms with Gasteiger partial charge in [-0.25, -0.2) is 4.79 Å². The molecule has 6 nitrogen and oxygen atoms in total. The van der Waals surface area contributed by atoms with Crippen molar-refractivity contribution in [3.63, 3.8) is 0 Å². The van der Waals surface area contributed by atoms with E-state index in [1.165, 1.54) is 0 Å². The van der Waals surface area contributed by atoms with Gasteiger partial charge in [0.1, 0.15) is 0 Å². The Labute approximate surface area is 126 Å². The Balaban J connectivity index is 2.23. The van der Waals surface area contributed by atoms with Gasteiger partial charge in [-0.05, 0) is 25.2 Å². The van der Waals surface area contributed by atoms with E-state index in [4.69, 9.17) is 9.84 Å². The topological polar surface area (TPSA) is 78.9 Å². The second-order valence-corrected chi connectivity index (χ2v) is 5.70. The number of carboxylic acids is 1. The van der Waals surface area contributed by atoms with Gasteiger partial charge >= 0.3 is 12.0 Å². The third-order valence-electron chi connectivity index (χ3n) is 4.06. The largest absolute Gasteiger partial charge is 0.481 e. The summed E-state index contributed by atoms with van der Waals surface area (Å²) >= 11 is 0. The molecule has 2 amide bonds. The SMILES string of the molecule is CCCC(CCNC(=O)N1CCC(OC)C1)CCC(=O)O. The van der Waals surface area contributed by atoms with Crippen LogP contribution in [0.5, 0.6) is 0 Å². The van der Waals surface area contributed by atoms with Crippen molar-refractivity contribution in [1.29, 1.82) is 0 Å². The number of methoxy groups -OCH3 is 1. The van der Waals surface area contributed by atoms with Crippen molar-refractivity contribution >= 4 is 12.0 Å². The predicted octanol–water partition coefficient (Wildman–Crippen LogP) is 2.09. The number of hydrogen-bond donors (Lipinski definition) is 2. The highest BCUT2D eigenvalue weighted by Gasteiger charge is 2.25. The number of hydrogen-bond acceptors (Lipinski definition) is 3. The second-order valence-electron chi connectivity index (χ2n) is 5.70. The Hall–Kier alpha value is -1.30. The number of carboxylic acid groups (broad SMARTS) is 1. The summed E-state index contributed by atoms with van der Waals surface area (Å²) in [6, 6.07) is -0.0389. The van der Waals surface area contributed by atoms with Gasteiger partial charge in [-0.1, -0.05) is 19.8 Å². The fraction of sp³-hybridized carbons (Fsp3) is 0.867. The Morgan fingerprint density at radius 3 is 2.71 bits per heavy atom. The Kier molecular flexibility index (Phi) is 8.12. The van der Waals surface area contributed by atoms with E-state index in [1.54, 1.807) is 12.0 Å². The van der Waals surface area contributed by atoms with Crippen molar-refractivity contribution in [2.75, 3.05) is 26.7 Å². The van der Waals surface area contributed by atoms with Crippen LogP contribution in [0.3, 0.4) is 0 Å². The first-order valence-electron chi connectivity index (χ1n) is 7.84. The molecule has 6 heteroatoms. The minimum absolute atomic E-state index is 0.0389. The molecule has 1 rings (SSSR count). The van der Waals surface area contributed by atoms with E-state index in [-0.39, 0.29) is 18.6 Å². The van der Waals surface area contributed by atoms with Crippen LogP contribution in [0, 0.1) is 5.92 Å². The molecule has 1 saturated heterocycles. The van der Waals surface area contributed by atoms with Gasteiger partial charge in [0.15, 0.2) is 0 Å². The lowest BCUT2D eigenvalue weighted by atomic mass is 9.94. The van der Waals surface area contributed by atoms with Crippen LogP contribution >= 0.6 is 0 Å². The van der Waals surface area contributed by atoms with E-state index in [0.717, 1.165) is 32.2 Å². The standard InChI is InChI=1S/C15H28N2O4/c1-3-4-12(5-6-14(18)19)7-9-16-15(20)17-10-8-13(11-17)21-2/h12-13H,3-11H2,1-2H3,(H,16,20)(H,18,19). The average Bonchev–Trinajstić information content (AvgIpc) is 2.93. The summed E-state index contributed by atoms with van der Waals surface area (Å²) in [6.07, 6.45) is 4.84. The van der Waals surface area contributed by atoms with Gasteiger partial charge in [-0.15, -0.1) is 0 Å². The molecule has 0 spiro atoms. The summed E-state index contributed by atoms with van der Waals surface area (Å²) in [5.41, 5.74) is 0. The lowest BCUT2D eigenvalue weighted by Gasteiger charge is -2.19. The molecule has 0 saturated carbocycles. The van der Waals surface area contributed by atoms with Crippen molar-refractivity contribution in [3.8, 4) is 0 Å². The maximum absolute atomic E-state index is 12.0. The highest BCUT2D eigenvalue weighted by atomic mass is 16.5. The fourth-order valence-electron chi connectivity index (χ4n) is 2.77. The molecule has 2 unspecified atom stereocenters. The molecule has 0 aromatic rings. The van der Waals surface area contributed by atoms with E-state index in [9.17, 15) is 9.59 Å². The molecule has 0 radical (unpaired) electrons. The van der Waals surface area contributed by atoms with Crippen molar-refractivity contribution < 1.29 is 19.4 Å². The van der Waals surface area contributed by atoms with Crippen LogP contribution in [0.15, 0.2) is 0 Å². The van der Waals surface area contributed by atoms with Gasteiger partial charge in [0.05, 0.1) is 6.10 Å². The lowest BCUT2D eigenvalue weighted by molar-refractivity contribution is -0.137. The fourth-order valence-corrected chi connectivity index (χ4v) is 2.77. The third-order valence-corrected chi connectivity index (χ3v) is 4.06. The van der Waals surface area contributed by atoms with Crippen molar-refractivity contribution in [3.05, 3.63) is 0 Å². The Bertz CT molecular complexity index is 336. The normalized spacial score (nSPS) is 19.5. The van der Waals surface area contributed by atoms with Crippen LogP contribution < -0.4 is 5.32 Å². The molecule has 1 aliphatic heterocycles. The molecule has 122 valence electrons. The van der Waals surface area contributed by atoms with E-state index in [0.29, 0.717) is 25.4 Å². The second kappa shape index (κ2) is 9.60. The van der Waals surface area contributed by atoms with E-state index in [1.807, 2.05) is 0 Å². The van der Waals surface area contributed by atoms with Crippen molar-refractivity contribution in [1.82, 2.24) is 10.2 Å². The number of ether oxygens (including phenoxy) is 1. The van der Waals surface area contributed by atoms with Crippen LogP contribution in [0.1, 0.15) is 45.4 Å². The molecule has 2 atom stereocenters. The van der Waals surface area contributed by atoms with Gasteiger partial charge < -0.3 is 20.1 Å². The Morgan fingerprint density at radius 1 is 1.38 bits per heavy atom. The predicted molar refractivity (Wildman–Crippen MR) is 80.3 cm³/mol. The molecule has 0 aromatic carbocycles. The summed E-state index contributed by atoms with van der Waals surface area (Å²) < 4.78 is 5.24. The minimum atomic E-state index is -0.747. The first-order chi connectivity index (χ1) is 10.1. The number of likely N-dealkylation sites (tertiary alicyclic amines) is 1. The zero-order valence-electron chi connectivity index (χ0n) is 13.1. The molecule has 0 bridgehead atoms. The maximum Gasteiger partial charge on any atom is 0.317 e. The quantitative estimate of drug-likeness (QED) is 0.683. The highest BCUT2D eigenvalue weighted by molar-refractivity contribution is 5.74. The van der Waals surface area contributed by atoms with Crippen molar-refractivity contribution in [2.24, 2.45) is 5.92 Å². The van der Waals surface area contributed by atoms with Crippen LogP contribution in [0.2, 0.25) is 0 Å². The summed E-state index contributed by atoms with van der Waals surface area (Å²) in [7, 11) is 1.67. The number of aliphatic carboxylic acids is 1. The number of carbonyl (C=O) groups is 2. The number of nitrogens with one attached hydrogen (secondary N) is 1. The van der Waals surface area contributed by atoms with Crippen LogP contribution in [-0.4, -0.2) is 54.9 Å². The molecule has 21 heavy (non-hydrogen) atoms. The van der Waals surface area contributed by atoms with E-state index in [2.05, 4.69) is 12.2 Å². The molecular formula is C15H28N2O4. The smallest absolute Gasteiger partial charge is 0.317 e. The highest BCUT2D eigenvalue weighted by Crippen LogP contribution is 2.17. The van der Waals surface area contributed by atoms with E-state index < -0.39 is 5.97 Å². The van der Waals surface area contributed by atoms with Gasteiger partial charge in [0.25, 0.3) is 0 Å². The van der Waals surface area contributed by atoms with Gasteiger partial charge in [0, 0.05) is 33.2 Å². The molecule has 1 fully saturated rings.